The summed E-state index contributed by atoms with van der Waals surface area (Å²) in [4.78, 5) is 8.31. The Hall–Kier alpha value is -2.29. The summed E-state index contributed by atoms with van der Waals surface area (Å²) in [6.07, 6.45) is 2.99. The largest absolute Gasteiger partial charge is 0.256 e. The number of rotatable bonds is 1. The van der Waals surface area contributed by atoms with Gasteiger partial charge >= 0.3 is 0 Å². The molecule has 0 atom stereocenters. The summed E-state index contributed by atoms with van der Waals surface area (Å²) in [6.45, 7) is 0. The van der Waals surface area contributed by atoms with Crippen LogP contribution in [0.3, 0.4) is 0 Å². The van der Waals surface area contributed by atoms with Crippen LogP contribution in [0, 0.1) is 5.82 Å². The van der Waals surface area contributed by atoms with E-state index < -0.39 is 0 Å². The van der Waals surface area contributed by atoms with E-state index in [1.165, 1.54) is 12.3 Å². The highest BCUT2D eigenvalue weighted by atomic mass is 19.1. The predicted molar refractivity (Wildman–Crippen MR) is 64.9 cm³/mol. The van der Waals surface area contributed by atoms with Crippen LogP contribution in [0.1, 0.15) is 0 Å². The minimum Gasteiger partial charge on any atom is -0.256 e. The van der Waals surface area contributed by atoms with Gasteiger partial charge in [0.1, 0.15) is 5.82 Å². The summed E-state index contributed by atoms with van der Waals surface area (Å²) in [7, 11) is 0. The molecule has 0 amide bonds. The predicted octanol–water partition coefficient (Wildman–Crippen LogP) is 3.44. The highest BCUT2D eigenvalue weighted by Crippen LogP contribution is 2.21. The zero-order valence-corrected chi connectivity index (χ0v) is 8.97. The van der Waals surface area contributed by atoms with Gasteiger partial charge in [0.2, 0.25) is 0 Å². The van der Waals surface area contributed by atoms with Gasteiger partial charge in [-0.2, -0.15) is 0 Å². The Labute approximate surface area is 97.8 Å². The molecule has 0 N–H and O–H groups in total. The molecule has 0 unspecified atom stereocenters. The molecule has 0 aliphatic rings. The van der Waals surface area contributed by atoms with Gasteiger partial charge in [0.25, 0.3) is 0 Å². The van der Waals surface area contributed by atoms with Crippen molar-refractivity contribution in [2.24, 2.45) is 0 Å². The minimum atomic E-state index is -0.323. The quantitative estimate of drug-likeness (QED) is 0.632. The number of aromatic nitrogens is 2. The van der Waals surface area contributed by atoms with Crippen molar-refractivity contribution in [2.45, 2.75) is 0 Å². The molecule has 2 aromatic heterocycles. The fraction of sp³-hybridized carbons (Fsp3) is 0. The number of hydrogen-bond acceptors (Lipinski definition) is 2. The van der Waals surface area contributed by atoms with Crippen molar-refractivity contribution >= 4 is 10.9 Å². The molecular formula is C14H9FN2. The van der Waals surface area contributed by atoms with E-state index >= 15 is 0 Å². The molecule has 0 spiro atoms. The first-order valence-corrected chi connectivity index (χ1v) is 5.30. The van der Waals surface area contributed by atoms with E-state index in [1.807, 2.05) is 30.3 Å². The van der Waals surface area contributed by atoms with E-state index in [2.05, 4.69) is 9.97 Å². The van der Waals surface area contributed by atoms with E-state index in [1.54, 1.807) is 12.3 Å². The second-order valence-electron chi connectivity index (χ2n) is 3.77. The number of halogens is 1. The molecule has 2 heterocycles. The van der Waals surface area contributed by atoms with Crippen molar-refractivity contribution in [1.82, 2.24) is 9.97 Å². The fourth-order valence-electron chi connectivity index (χ4n) is 1.78. The third kappa shape index (κ3) is 1.87. The third-order valence-electron chi connectivity index (χ3n) is 2.63. The zero-order valence-electron chi connectivity index (χ0n) is 8.97. The molecule has 3 aromatic rings. The van der Waals surface area contributed by atoms with Crippen LogP contribution in [0.25, 0.3) is 22.2 Å². The van der Waals surface area contributed by atoms with Gasteiger partial charge in [-0.15, -0.1) is 0 Å². The average molecular weight is 224 g/mol. The van der Waals surface area contributed by atoms with Gasteiger partial charge in [-0.3, -0.25) is 9.97 Å². The SMILES string of the molecule is Fc1ccc(-c2ccc3ncccc3c2)nc1. The molecule has 0 bridgehead atoms. The number of nitrogens with zero attached hydrogens (tertiary/aromatic N) is 2. The van der Waals surface area contributed by atoms with Crippen LogP contribution in [0.5, 0.6) is 0 Å². The summed E-state index contributed by atoms with van der Waals surface area (Å²) in [5.74, 6) is -0.323. The summed E-state index contributed by atoms with van der Waals surface area (Å²) in [5, 5.41) is 1.05. The van der Waals surface area contributed by atoms with E-state index in [0.717, 1.165) is 22.2 Å². The molecule has 17 heavy (non-hydrogen) atoms. The summed E-state index contributed by atoms with van der Waals surface area (Å²) in [6, 6.07) is 12.9. The molecule has 3 rings (SSSR count). The molecule has 3 heteroatoms. The van der Waals surface area contributed by atoms with Crippen LogP contribution in [-0.4, -0.2) is 9.97 Å². The first-order valence-electron chi connectivity index (χ1n) is 5.30. The van der Waals surface area contributed by atoms with Crippen molar-refractivity contribution in [3.63, 3.8) is 0 Å². The van der Waals surface area contributed by atoms with Crippen molar-refractivity contribution in [3.8, 4) is 11.3 Å². The Bertz CT molecular complexity index is 662. The molecule has 1 aromatic carbocycles. The van der Waals surface area contributed by atoms with Crippen LogP contribution >= 0.6 is 0 Å². The molecule has 0 aliphatic heterocycles. The molecule has 0 aliphatic carbocycles. The topological polar surface area (TPSA) is 25.8 Å². The first kappa shape index (κ1) is 9.90. The van der Waals surface area contributed by atoms with Gasteiger partial charge in [0.05, 0.1) is 17.4 Å². The average Bonchev–Trinajstić information content (AvgIpc) is 2.39. The Kier molecular flexibility index (Phi) is 2.29. The Morgan fingerprint density at radius 3 is 2.71 bits per heavy atom. The van der Waals surface area contributed by atoms with Gasteiger partial charge in [-0.1, -0.05) is 12.1 Å². The smallest absolute Gasteiger partial charge is 0.141 e. The van der Waals surface area contributed by atoms with E-state index in [9.17, 15) is 4.39 Å². The molecule has 82 valence electrons. The first-order chi connectivity index (χ1) is 8.33. The van der Waals surface area contributed by atoms with E-state index in [0.29, 0.717) is 0 Å². The van der Waals surface area contributed by atoms with Gasteiger partial charge in [0.15, 0.2) is 0 Å². The normalized spacial score (nSPS) is 10.6. The maximum atomic E-state index is 12.8. The Balaban J connectivity index is 2.14. The van der Waals surface area contributed by atoms with Crippen molar-refractivity contribution in [3.05, 3.63) is 60.7 Å². The van der Waals surface area contributed by atoms with Crippen molar-refractivity contribution < 1.29 is 4.39 Å². The van der Waals surface area contributed by atoms with Gasteiger partial charge in [0, 0.05) is 17.1 Å². The maximum absolute atomic E-state index is 12.8. The number of fused-ring (bicyclic) bond motifs is 1. The molecule has 0 radical (unpaired) electrons. The van der Waals surface area contributed by atoms with Crippen LogP contribution < -0.4 is 0 Å². The second-order valence-corrected chi connectivity index (χ2v) is 3.77. The van der Waals surface area contributed by atoms with Crippen LogP contribution in [-0.2, 0) is 0 Å². The lowest BCUT2D eigenvalue weighted by atomic mass is 10.1. The molecule has 0 fully saturated rings. The number of benzene rings is 1. The van der Waals surface area contributed by atoms with Crippen molar-refractivity contribution in [2.75, 3.05) is 0 Å². The highest BCUT2D eigenvalue weighted by molar-refractivity contribution is 5.83. The molecule has 2 nitrogen and oxygen atoms in total. The van der Waals surface area contributed by atoms with Gasteiger partial charge in [-0.25, -0.2) is 4.39 Å². The molecule has 0 saturated carbocycles. The van der Waals surface area contributed by atoms with Crippen LogP contribution in [0.2, 0.25) is 0 Å². The molecular weight excluding hydrogens is 215 g/mol. The summed E-state index contributed by atoms with van der Waals surface area (Å²) < 4.78 is 12.8. The Morgan fingerprint density at radius 2 is 1.88 bits per heavy atom. The lowest BCUT2D eigenvalue weighted by Gasteiger charge is -2.02. The highest BCUT2D eigenvalue weighted by Gasteiger charge is 2.01. The third-order valence-corrected chi connectivity index (χ3v) is 2.63. The van der Waals surface area contributed by atoms with E-state index in [4.69, 9.17) is 0 Å². The lowest BCUT2D eigenvalue weighted by molar-refractivity contribution is 0.622. The second kappa shape index (κ2) is 3.94. The lowest BCUT2D eigenvalue weighted by Crippen LogP contribution is -1.85. The zero-order chi connectivity index (χ0) is 11.7. The Morgan fingerprint density at radius 1 is 0.941 bits per heavy atom. The minimum absolute atomic E-state index is 0.323. The molecule has 0 saturated heterocycles. The number of pyridine rings is 2. The number of hydrogen-bond donors (Lipinski definition) is 0. The van der Waals surface area contributed by atoms with Crippen LogP contribution in [0.15, 0.2) is 54.9 Å². The monoisotopic (exact) mass is 224 g/mol. The van der Waals surface area contributed by atoms with E-state index in [-0.39, 0.29) is 5.82 Å². The fourth-order valence-corrected chi connectivity index (χ4v) is 1.78. The van der Waals surface area contributed by atoms with Gasteiger partial charge in [-0.05, 0) is 30.3 Å². The summed E-state index contributed by atoms with van der Waals surface area (Å²) in [5.41, 5.74) is 2.67. The standard InChI is InChI=1S/C14H9FN2/c15-12-4-6-14(17-9-12)11-3-5-13-10(8-11)2-1-7-16-13/h1-9H. The van der Waals surface area contributed by atoms with Crippen LogP contribution in [0.4, 0.5) is 4.39 Å². The summed E-state index contributed by atoms with van der Waals surface area (Å²) >= 11 is 0. The van der Waals surface area contributed by atoms with Gasteiger partial charge < -0.3 is 0 Å². The maximum Gasteiger partial charge on any atom is 0.141 e. The van der Waals surface area contributed by atoms with Crippen molar-refractivity contribution in [1.29, 1.82) is 0 Å².